The molecule has 0 aliphatic carbocycles. The maximum absolute atomic E-state index is 3.37. The number of nitrogens with one attached hydrogen (secondary N) is 2. The molecule has 0 aromatic carbocycles. The highest BCUT2D eigenvalue weighted by molar-refractivity contribution is 4.90. The van der Waals surface area contributed by atoms with E-state index in [-0.39, 0.29) is 0 Å². The molecule has 1 aliphatic rings. The van der Waals surface area contributed by atoms with Crippen LogP contribution in [0.25, 0.3) is 0 Å². The Bertz CT molecular complexity index is 126. The van der Waals surface area contributed by atoms with E-state index in [1.807, 2.05) is 7.05 Å². The number of hydrogen-bond acceptors (Lipinski definition) is 2. The topological polar surface area (TPSA) is 24.1 Å². The van der Waals surface area contributed by atoms with E-state index in [0.29, 0.717) is 0 Å². The molecule has 0 atom stereocenters. The minimum atomic E-state index is 0.836. The van der Waals surface area contributed by atoms with Crippen LogP contribution in [0.3, 0.4) is 0 Å². The Morgan fingerprint density at radius 3 is 2.83 bits per heavy atom. The first kappa shape index (κ1) is 9.75. The van der Waals surface area contributed by atoms with Crippen molar-refractivity contribution >= 4 is 0 Å². The van der Waals surface area contributed by atoms with Gasteiger partial charge in [0.05, 0.1) is 0 Å². The molecule has 2 heteroatoms. The highest BCUT2D eigenvalue weighted by Gasteiger charge is 2.08. The van der Waals surface area contributed by atoms with Gasteiger partial charge in [-0.2, -0.15) is 0 Å². The molecule has 70 valence electrons. The largest absolute Gasteiger partial charge is 0.319 e. The van der Waals surface area contributed by atoms with E-state index in [2.05, 4.69) is 22.8 Å². The van der Waals surface area contributed by atoms with Crippen LogP contribution in [-0.2, 0) is 0 Å². The Balaban J connectivity index is 2.07. The molecule has 0 bridgehead atoms. The molecule has 2 N–H and O–H groups in total. The summed E-state index contributed by atoms with van der Waals surface area (Å²) in [6, 6.07) is 0. The van der Waals surface area contributed by atoms with Crippen LogP contribution in [0.2, 0.25) is 0 Å². The second-order valence-electron chi connectivity index (χ2n) is 3.41. The predicted molar refractivity (Wildman–Crippen MR) is 53.3 cm³/mol. The zero-order chi connectivity index (χ0) is 8.65. The minimum Gasteiger partial charge on any atom is -0.319 e. The van der Waals surface area contributed by atoms with Gasteiger partial charge in [0.15, 0.2) is 0 Å². The maximum Gasteiger partial charge on any atom is -0.00173 e. The third kappa shape index (κ3) is 3.88. The standard InChI is InChI=1S/C10H20N2/c1-11-7-3-2-4-10-5-8-12-9-6-10/h2,4,10-12H,3,5-9H2,1H3/b4-2-. The molecule has 0 radical (unpaired) electrons. The third-order valence-corrected chi connectivity index (χ3v) is 2.35. The van der Waals surface area contributed by atoms with E-state index in [1.165, 1.54) is 32.4 Å². The van der Waals surface area contributed by atoms with Gasteiger partial charge in [-0.3, -0.25) is 0 Å². The lowest BCUT2D eigenvalue weighted by Gasteiger charge is -2.19. The Morgan fingerprint density at radius 1 is 1.42 bits per heavy atom. The van der Waals surface area contributed by atoms with E-state index in [4.69, 9.17) is 0 Å². The number of piperidine rings is 1. The Morgan fingerprint density at radius 2 is 2.17 bits per heavy atom. The van der Waals surface area contributed by atoms with Crippen molar-refractivity contribution in [2.24, 2.45) is 5.92 Å². The fourth-order valence-corrected chi connectivity index (χ4v) is 1.55. The molecule has 0 saturated carbocycles. The molecule has 2 nitrogen and oxygen atoms in total. The maximum atomic E-state index is 3.37. The highest BCUT2D eigenvalue weighted by atomic mass is 14.9. The molecular formula is C10H20N2. The summed E-state index contributed by atoms with van der Waals surface area (Å²) in [5.41, 5.74) is 0. The second-order valence-corrected chi connectivity index (χ2v) is 3.41. The highest BCUT2D eigenvalue weighted by Crippen LogP contribution is 2.12. The van der Waals surface area contributed by atoms with Crippen molar-refractivity contribution < 1.29 is 0 Å². The summed E-state index contributed by atoms with van der Waals surface area (Å²) in [7, 11) is 2.00. The summed E-state index contributed by atoms with van der Waals surface area (Å²) in [6.45, 7) is 3.49. The van der Waals surface area contributed by atoms with Crippen LogP contribution in [0, 0.1) is 5.92 Å². The summed E-state index contributed by atoms with van der Waals surface area (Å²) in [5, 5.41) is 6.51. The number of rotatable bonds is 4. The first-order valence-electron chi connectivity index (χ1n) is 4.95. The number of allylic oxidation sites excluding steroid dienone is 1. The average Bonchev–Trinajstić information content (AvgIpc) is 2.14. The first-order chi connectivity index (χ1) is 5.93. The third-order valence-electron chi connectivity index (χ3n) is 2.35. The van der Waals surface area contributed by atoms with Crippen LogP contribution in [-0.4, -0.2) is 26.7 Å². The van der Waals surface area contributed by atoms with E-state index in [0.717, 1.165) is 12.5 Å². The molecule has 1 aliphatic heterocycles. The van der Waals surface area contributed by atoms with Gasteiger partial charge >= 0.3 is 0 Å². The van der Waals surface area contributed by atoms with Gasteiger partial charge in [0.1, 0.15) is 0 Å². The molecular weight excluding hydrogens is 148 g/mol. The van der Waals surface area contributed by atoms with E-state index in [1.54, 1.807) is 0 Å². The fraction of sp³-hybridized carbons (Fsp3) is 0.800. The van der Waals surface area contributed by atoms with Crippen molar-refractivity contribution in [3.63, 3.8) is 0 Å². The van der Waals surface area contributed by atoms with Gasteiger partial charge in [-0.05, 0) is 51.9 Å². The van der Waals surface area contributed by atoms with Crippen molar-refractivity contribution in [2.45, 2.75) is 19.3 Å². The molecule has 1 saturated heterocycles. The van der Waals surface area contributed by atoms with Crippen LogP contribution >= 0.6 is 0 Å². The summed E-state index contributed by atoms with van der Waals surface area (Å²) in [5.74, 6) is 0.836. The van der Waals surface area contributed by atoms with Crippen LogP contribution in [0.5, 0.6) is 0 Å². The summed E-state index contributed by atoms with van der Waals surface area (Å²) < 4.78 is 0. The quantitative estimate of drug-likeness (QED) is 0.486. The smallest absolute Gasteiger partial charge is 0.00173 e. The summed E-state index contributed by atoms with van der Waals surface area (Å²) in [4.78, 5) is 0. The monoisotopic (exact) mass is 168 g/mol. The van der Waals surface area contributed by atoms with Crippen LogP contribution in [0.1, 0.15) is 19.3 Å². The fourth-order valence-electron chi connectivity index (χ4n) is 1.55. The van der Waals surface area contributed by atoms with Gasteiger partial charge in [0.25, 0.3) is 0 Å². The Hall–Kier alpha value is -0.340. The Kier molecular flexibility index (Phi) is 5.04. The van der Waals surface area contributed by atoms with E-state index < -0.39 is 0 Å². The van der Waals surface area contributed by atoms with Gasteiger partial charge in [0.2, 0.25) is 0 Å². The summed E-state index contributed by atoms with van der Waals surface area (Å²) >= 11 is 0. The van der Waals surface area contributed by atoms with Gasteiger partial charge in [-0.25, -0.2) is 0 Å². The van der Waals surface area contributed by atoms with Gasteiger partial charge in [0, 0.05) is 0 Å². The lowest BCUT2D eigenvalue weighted by Crippen LogP contribution is -2.26. The van der Waals surface area contributed by atoms with Crippen LogP contribution in [0.15, 0.2) is 12.2 Å². The van der Waals surface area contributed by atoms with Crippen molar-refractivity contribution in [1.82, 2.24) is 10.6 Å². The molecule has 0 aromatic heterocycles. The molecule has 12 heavy (non-hydrogen) atoms. The average molecular weight is 168 g/mol. The van der Waals surface area contributed by atoms with Gasteiger partial charge in [-0.1, -0.05) is 12.2 Å². The first-order valence-corrected chi connectivity index (χ1v) is 4.95. The number of hydrogen-bond donors (Lipinski definition) is 2. The predicted octanol–water partition coefficient (Wildman–Crippen LogP) is 1.15. The molecule has 0 aromatic rings. The van der Waals surface area contributed by atoms with Crippen molar-refractivity contribution in [1.29, 1.82) is 0 Å². The lowest BCUT2D eigenvalue weighted by atomic mass is 9.97. The van der Waals surface area contributed by atoms with E-state index >= 15 is 0 Å². The summed E-state index contributed by atoms with van der Waals surface area (Å²) in [6.07, 6.45) is 8.50. The zero-order valence-electron chi connectivity index (χ0n) is 7.97. The van der Waals surface area contributed by atoms with Gasteiger partial charge in [-0.15, -0.1) is 0 Å². The molecule has 1 heterocycles. The van der Waals surface area contributed by atoms with Crippen molar-refractivity contribution in [3.05, 3.63) is 12.2 Å². The van der Waals surface area contributed by atoms with Crippen LogP contribution < -0.4 is 10.6 Å². The second kappa shape index (κ2) is 6.21. The van der Waals surface area contributed by atoms with Crippen LogP contribution in [0.4, 0.5) is 0 Å². The Labute approximate surface area is 75.4 Å². The van der Waals surface area contributed by atoms with Gasteiger partial charge < -0.3 is 10.6 Å². The van der Waals surface area contributed by atoms with E-state index in [9.17, 15) is 0 Å². The SMILES string of the molecule is CNCC/C=C\C1CCNCC1. The lowest BCUT2D eigenvalue weighted by molar-refractivity contribution is 0.436. The molecule has 0 unspecified atom stereocenters. The molecule has 1 rings (SSSR count). The zero-order valence-corrected chi connectivity index (χ0v) is 7.97. The molecule has 0 amide bonds. The minimum absolute atomic E-state index is 0.836. The molecule has 0 spiro atoms. The normalized spacial score (nSPS) is 20.4. The van der Waals surface area contributed by atoms with Crippen molar-refractivity contribution in [3.8, 4) is 0 Å². The van der Waals surface area contributed by atoms with Crippen molar-refractivity contribution in [2.75, 3.05) is 26.7 Å². The molecule has 1 fully saturated rings.